The topological polar surface area (TPSA) is 26.3 Å². The van der Waals surface area contributed by atoms with Crippen molar-refractivity contribution < 1.29 is 9.32 Å². The van der Waals surface area contributed by atoms with E-state index in [1.807, 2.05) is 66.7 Å². The third-order valence-corrected chi connectivity index (χ3v) is 12.5. The van der Waals surface area contributed by atoms with Gasteiger partial charge in [0.15, 0.2) is 0 Å². The average Bonchev–Trinajstić information content (AvgIpc) is 2.88. The molecule has 0 aromatic heterocycles. The van der Waals surface area contributed by atoms with Crippen molar-refractivity contribution >= 4 is 40.3 Å². The van der Waals surface area contributed by atoms with Crippen LogP contribution in [0.15, 0.2) is 115 Å². The van der Waals surface area contributed by atoms with Gasteiger partial charge in [-0.25, -0.2) is 0 Å². The van der Waals surface area contributed by atoms with E-state index < -0.39 is 12.8 Å². The molecule has 0 N–H and O–H groups in total. The van der Waals surface area contributed by atoms with Crippen LogP contribution in [0.4, 0.5) is 0 Å². The molecule has 4 heteroatoms. The van der Waals surface area contributed by atoms with Gasteiger partial charge in [0.05, 0.1) is 0 Å². The van der Waals surface area contributed by atoms with Gasteiger partial charge in [-0.3, -0.25) is 0 Å². The first-order valence-electron chi connectivity index (χ1n) is 11.3. The molecule has 4 rings (SSSR count). The summed E-state index contributed by atoms with van der Waals surface area (Å²) >= 11 is 6.45. The summed E-state index contributed by atoms with van der Waals surface area (Å²) in [7, 11) is 0. The second-order valence-corrected chi connectivity index (χ2v) is 13.2. The zero-order valence-corrected chi connectivity index (χ0v) is 20.4. The molecular weight excluding hydrogens is 447 g/mol. The zero-order valence-electron chi connectivity index (χ0n) is 18.7. The summed E-state index contributed by atoms with van der Waals surface area (Å²) in [5.74, 6) is -0.397. The van der Waals surface area contributed by atoms with Gasteiger partial charge in [-0.2, -0.15) is 0 Å². The third kappa shape index (κ3) is 4.10. The standard InChI is InChI=1S/C29H28ClO2P/c1-2-3-23-33(24-15-7-4-8-16-24,25-17-9-5-10-18-25,26-19-11-6-12-20-26)32-29(31)27-21-13-14-22-28(27)30/h4-22H,2-3,23H2,1H3. The van der Waals surface area contributed by atoms with E-state index in [1.165, 1.54) is 0 Å². The van der Waals surface area contributed by atoms with Gasteiger partial charge in [0.1, 0.15) is 0 Å². The maximum absolute atomic E-state index is 13.9. The van der Waals surface area contributed by atoms with Gasteiger partial charge in [0.2, 0.25) is 0 Å². The number of hydrogen-bond donors (Lipinski definition) is 0. The molecule has 0 heterocycles. The van der Waals surface area contributed by atoms with Crippen molar-refractivity contribution in [2.45, 2.75) is 19.8 Å². The summed E-state index contributed by atoms with van der Waals surface area (Å²) in [5.41, 5.74) is 0.382. The quantitative estimate of drug-likeness (QED) is 0.264. The van der Waals surface area contributed by atoms with E-state index in [1.54, 1.807) is 12.1 Å². The normalized spacial score (nSPS) is 12.5. The maximum atomic E-state index is 13.9. The summed E-state index contributed by atoms with van der Waals surface area (Å²) in [6.07, 6.45) is 2.61. The Balaban J connectivity index is 2.11. The van der Waals surface area contributed by atoms with Crippen LogP contribution in [-0.2, 0) is 4.52 Å². The SMILES string of the molecule is CCCCP(OC(=O)c1ccccc1Cl)(c1ccccc1)(c1ccccc1)c1ccccc1. The third-order valence-electron chi connectivity index (χ3n) is 6.22. The number of halogens is 1. The van der Waals surface area contributed by atoms with Crippen LogP contribution in [-0.4, -0.2) is 12.1 Å². The monoisotopic (exact) mass is 474 g/mol. The Morgan fingerprint density at radius 3 is 1.55 bits per heavy atom. The fourth-order valence-corrected chi connectivity index (χ4v) is 10.7. The Bertz CT molecular complexity index is 1110. The fourth-order valence-electron chi connectivity index (χ4n) is 4.59. The van der Waals surface area contributed by atoms with Crippen LogP contribution in [0.25, 0.3) is 0 Å². The Kier molecular flexibility index (Phi) is 6.98. The van der Waals surface area contributed by atoms with Crippen LogP contribution in [0.3, 0.4) is 0 Å². The van der Waals surface area contributed by atoms with Crippen molar-refractivity contribution in [3.8, 4) is 0 Å². The van der Waals surface area contributed by atoms with Crippen LogP contribution < -0.4 is 15.9 Å². The van der Waals surface area contributed by atoms with E-state index in [-0.39, 0.29) is 0 Å². The van der Waals surface area contributed by atoms with Gasteiger partial charge >= 0.3 is 201 Å². The molecule has 0 saturated carbocycles. The average molecular weight is 475 g/mol. The molecule has 0 saturated heterocycles. The van der Waals surface area contributed by atoms with E-state index in [0.717, 1.165) is 34.9 Å². The first-order valence-corrected chi connectivity index (χ1v) is 14.0. The molecule has 0 aliphatic heterocycles. The molecule has 0 bridgehead atoms. The molecule has 0 aliphatic carbocycles. The molecule has 0 radical (unpaired) electrons. The van der Waals surface area contributed by atoms with Crippen LogP contribution in [0.2, 0.25) is 5.02 Å². The van der Waals surface area contributed by atoms with Crippen molar-refractivity contribution in [3.63, 3.8) is 0 Å². The predicted molar refractivity (Wildman–Crippen MR) is 142 cm³/mol. The Hall–Kier alpha value is -2.93. The molecule has 4 aromatic carbocycles. The van der Waals surface area contributed by atoms with Gasteiger partial charge in [-0.1, -0.05) is 0 Å². The van der Waals surface area contributed by atoms with Crippen molar-refractivity contribution in [2.24, 2.45) is 0 Å². The number of benzene rings is 4. The zero-order chi connectivity index (χ0) is 23.2. The molecule has 0 aliphatic rings. The van der Waals surface area contributed by atoms with E-state index >= 15 is 0 Å². The van der Waals surface area contributed by atoms with Crippen LogP contribution in [0, 0.1) is 0 Å². The summed E-state index contributed by atoms with van der Waals surface area (Å²) in [6, 6.07) is 37.9. The summed E-state index contributed by atoms with van der Waals surface area (Å²) < 4.78 is 6.96. The number of carbonyl (C=O) groups is 1. The number of unbranched alkanes of at least 4 members (excludes halogenated alkanes) is 1. The molecule has 0 atom stereocenters. The molecule has 168 valence electrons. The second-order valence-electron chi connectivity index (χ2n) is 8.16. The van der Waals surface area contributed by atoms with Crippen LogP contribution in [0.1, 0.15) is 30.1 Å². The molecule has 0 spiro atoms. The van der Waals surface area contributed by atoms with E-state index in [2.05, 4.69) is 43.3 Å². The summed E-state index contributed by atoms with van der Waals surface area (Å²) in [4.78, 5) is 13.9. The van der Waals surface area contributed by atoms with Crippen LogP contribution >= 0.6 is 18.4 Å². The van der Waals surface area contributed by atoms with Gasteiger partial charge in [-0.15, -0.1) is 0 Å². The van der Waals surface area contributed by atoms with E-state index in [0.29, 0.717) is 10.6 Å². The molecule has 0 amide bonds. The second kappa shape index (κ2) is 9.91. The van der Waals surface area contributed by atoms with Gasteiger partial charge < -0.3 is 0 Å². The van der Waals surface area contributed by atoms with Crippen molar-refractivity contribution in [3.05, 3.63) is 126 Å². The Labute approximate surface area is 201 Å². The van der Waals surface area contributed by atoms with Crippen molar-refractivity contribution in [1.82, 2.24) is 0 Å². The minimum absolute atomic E-state index is 0.382. The van der Waals surface area contributed by atoms with Crippen molar-refractivity contribution in [1.29, 1.82) is 0 Å². The molecule has 0 unspecified atom stereocenters. The first kappa shape index (κ1) is 23.2. The minimum atomic E-state index is -3.70. The Morgan fingerprint density at radius 2 is 1.12 bits per heavy atom. The van der Waals surface area contributed by atoms with Gasteiger partial charge in [0.25, 0.3) is 0 Å². The molecule has 0 fully saturated rings. The number of rotatable bonds is 8. The predicted octanol–water partition coefficient (Wildman–Crippen LogP) is 6.74. The van der Waals surface area contributed by atoms with Crippen molar-refractivity contribution in [2.75, 3.05) is 6.16 Å². The fraction of sp³-hybridized carbons (Fsp3) is 0.138. The summed E-state index contributed by atoms with van der Waals surface area (Å²) in [6.45, 7) is -1.53. The first-order chi connectivity index (χ1) is 16.1. The number of carbonyl (C=O) groups excluding carboxylic acids is 1. The van der Waals surface area contributed by atoms with Gasteiger partial charge in [0, 0.05) is 0 Å². The summed E-state index contributed by atoms with van der Waals surface area (Å²) in [5, 5.41) is 3.50. The van der Waals surface area contributed by atoms with Gasteiger partial charge in [-0.05, 0) is 0 Å². The Morgan fingerprint density at radius 1 is 0.697 bits per heavy atom. The van der Waals surface area contributed by atoms with E-state index in [4.69, 9.17) is 16.1 Å². The number of hydrogen-bond acceptors (Lipinski definition) is 2. The molecular formula is C29H28ClO2P. The van der Waals surface area contributed by atoms with E-state index in [9.17, 15) is 4.79 Å². The molecule has 33 heavy (non-hydrogen) atoms. The molecule has 4 aromatic rings. The van der Waals surface area contributed by atoms with Crippen LogP contribution in [0.5, 0.6) is 0 Å². The molecule has 2 nitrogen and oxygen atoms in total.